The molecule has 1 unspecified atom stereocenters. The van der Waals surface area contributed by atoms with Crippen LogP contribution in [0, 0.1) is 0 Å². The van der Waals surface area contributed by atoms with Gasteiger partial charge in [-0.2, -0.15) is 0 Å². The summed E-state index contributed by atoms with van der Waals surface area (Å²) in [5.41, 5.74) is 0.948. The van der Waals surface area contributed by atoms with Crippen molar-refractivity contribution >= 4 is 31.2 Å². The van der Waals surface area contributed by atoms with Gasteiger partial charge >= 0.3 is 5.69 Å². The Kier molecular flexibility index (Phi) is 5.27. The Balaban J connectivity index is 2.18. The van der Waals surface area contributed by atoms with E-state index >= 15 is 0 Å². The Labute approximate surface area is 165 Å². The smallest absolute Gasteiger partial charge is 0.332 e. The third-order valence-corrected chi connectivity index (χ3v) is 6.32. The molecule has 2 heterocycles. The highest BCUT2D eigenvalue weighted by Gasteiger charge is 2.33. The molecule has 8 heteroatoms. The fourth-order valence-electron chi connectivity index (χ4n) is 3.47. The Morgan fingerprint density at radius 2 is 1.74 bits per heavy atom. The number of nitrogens with zero attached hydrogens (tertiary/aromatic N) is 3. The summed E-state index contributed by atoms with van der Waals surface area (Å²) in [5.74, 6) is 0.661. The first-order valence-corrected chi connectivity index (χ1v) is 13.3. The molecule has 6 nitrogen and oxygen atoms in total. The molecule has 146 valence electrons. The molecule has 0 bridgehead atoms. The predicted molar refractivity (Wildman–Crippen MR) is 115 cm³/mol. The van der Waals surface area contributed by atoms with Crippen LogP contribution in [0.5, 0.6) is 0 Å². The number of benzene rings is 1. The van der Waals surface area contributed by atoms with Gasteiger partial charge in [-0.3, -0.25) is 13.9 Å². The van der Waals surface area contributed by atoms with Gasteiger partial charge in [0.2, 0.25) is 0 Å². The van der Waals surface area contributed by atoms with Gasteiger partial charge in [0.05, 0.1) is 20.8 Å². The van der Waals surface area contributed by atoms with E-state index < -0.39 is 8.07 Å². The minimum Gasteiger partial charge on any atom is -0.349 e. The number of rotatable bonds is 5. The number of anilines is 2. The lowest BCUT2D eigenvalue weighted by Gasteiger charge is -2.22. The summed E-state index contributed by atoms with van der Waals surface area (Å²) < 4.78 is 3.11. The van der Waals surface area contributed by atoms with Crippen LogP contribution in [0.2, 0.25) is 24.7 Å². The molecule has 1 atom stereocenters. The lowest BCUT2D eigenvalue weighted by Crippen LogP contribution is -2.45. The summed E-state index contributed by atoms with van der Waals surface area (Å²) in [6, 6.07) is 7.25. The largest absolute Gasteiger partial charge is 0.349 e. The lowest BCUT2D eigenvalue weighted by atomic mass is 10.2. The summed E-state index contributed by atoms with van der Waals surface area (Å²) in [6.45, 7) is 8.95. The molecule has 0 radical (unpaired) electrons. The van der Waals surface area contributed by atoms with Gasteiger partial charge in [0.15, 0.2) is 0 Å². The first kappa shape index (κ1) is 19.8. The van der Waals surface area contributed by atoms with E-state index in [9.17, 15) is 9.59 Å². The van der Waals surface area contributed by atoms with Gasteiger partial charge in [-0.15, -0.1) is 0 Å². The molecule has 0 saturated carbocycles. The normalized spacial score (nSPS) is 16.4. The minimum atomic E-state index is -1.59. The predicted octanol–water partition coefficient (Wildman–Crippen LogP) is 3.19. The minimum absolute atomic E-state index is 0.0198. The lowest BCUT2D eigenvalue weighted by molar-refractivity contribution is 0.635. The number of hydrogen-bond donors (Lipinski definition) is 1. The molecule has 2 aromatic rings. The zero-order valence-corrected chi connectivity index (χ0v) is 18.3. The fourth-order valence-corrected chi connectivity index (χ4v) is 4.84. The Morgan fingerprint density at radius 3 is 2.30 bits per heavy atom. The molecule has 1 aliphatic rings. The van der Waals surface area contributed by atoms with E-state index in [4.69, 9.17) is 11.6 Å². The van der Waals surface area contributed by atoms with Crippen molar-refractivity contribution in [2.75, 3.05) is 17.3 Å². The zero-order chi connectivity index (χ0) is 19.9. The molecular weight excluding hydrogens is 380 g/mol. The quantitative estimate of drug-likeness (QED) is 0.774. The van der Waals surface area contributed by atoms with Crippen LogP contribution >= 0.6 is 11.6 Å². The molecule has 1 N–H and O–H groups in total. The van der Waals surface area contributed by atoms with Gasteiger partial charge in [-0.25, -0.2) is 4.79 Å². The molecule has 1 aliphatic heterocycles. The molecule has 1 aromatic heterocycles. The van der Waals surface area contributed by atoms with E-state index in [1.807, 2.05) is 24.1 Å². The van der Waals surface area contributed by atoms with Gasteiger partial charge in [0.1, 0.15) is 11.5 Å². The van der Waals surface area contributed by atoms with Crippen LogP contribution in [0.25, 0.3) is 0 Å². The van der Waals surface area contributed by atoms with Crippen molar-refractivity contribution in [1.29, 1.82) is 0 Å². The summed E-state index contributed by atoms with van der Waals surface area (Å²) >= 11 is 5.96. The highest BCUT2D eigenvalue weighted by Crippen LogP contribution is 2.30. The highest BCUT2D eigenvalue weighted by atomic mass is 35.5. The second-order valence-corrected chi connectivity index (χ2v) is 14.2. The number of hydrogen-bond acceptors (Lipinski definition) is 4. The average molecular weight is 407 g/mol. The first-order chi connectivity index (χ1) is 12.6. The summed E-state index contributed by atoms with van der Waals surface area (Å²) in [6.07, 6.45) is 1.52. The van der Waals surface area contributed by atoms with Crippen LogP contribution in [0.3, 0.4) is 0 Å². The fraction of sp³-hybridized carbons (Fsp3) is 0.474. The molecule has 0 saturated heterocycles. The summed E-state index contributed by atoms with van der Waals surface area (Å²) in [5, 5.41) is 4.02. The zero-order valence-electron chi connectivity index (χ0n) is 16.5. The molecular formula is C19H27ClN4O2Si. The van der Waals surface area contributed by atoms with E-state index in [1.54, 1.807) is 16.7 Å². The van der Waals surface area contributed by atoms with Crippen LogP contribution in [0.4, 0.5) is 11.5 Å². The van der Waals surface area contributed by atoms with Crippen LogP contribution in [0.15, 0.2) is 33.9 Å². The third kappa shape index (κ3) is 3.84. The second kappa shape index (κ2) is 7.20. The maximum Gasteiger partial charge on any atom is 0.332 e. The second-order valence-electron chi connectivity index (χ2n) is 8.32. The van der Waals surface area contributed by atoms with Gasteiger partial charge in [0, 0.05) is 18.2 Å². The monoisotopic (exact) mass is 406 g/mol. The van der Waals surface area contributed by atoms with E-state index in [-0.39, 0.29) is 24.0 Å². The van der Waals surface area contributed by atoms with Gasteiger partial charge < -0.3 is 10.2 Å². The van der Waals surface area contributed by atoms with Crippen molar-refractivity contribution < 1.29 is 0 Å². The maximum absolute atomic E-state index is 13.3. The third-order valence-electron chi connectivity index (χ3n) is 4.80. The van der Waals surface area contributed by atoms with E-state index in [0.29, 0.717) is 22.7 Å². The molecule has 1 aromatic carbocycles. The Hall–Kier alpha value is -1.99. The number of aromatic nitrogens is 2. The standard InChI is InChI=1S/C19H27ClN4O2Si/c1-6-15-21-17-16(22(15)2)18(25)23(11-13-7-9-14(20)10-8-13)19(26)24(17)12-27(3,4)5/h7-10,15,21H,6,11-12H2,1-5H3. The van der Waals surface area contributed by atoms with Crippen molar-refractivity contribution in [3.05, 3.63) is 55.7 Å². The van der Waals surface area contributed by atoms with E-state index in [0.717, 1.165) is 12.0 Å². The Morgan fingerprint density at radius 1 is 1.11 bits per heavy atom. The molecule has 0 fully saturated rings. The van der Waals surface area contributed by atoms with Gasteiger partial charge in [-0.1, -0.05) is 50.3 Å². The molecule has 0 aliphatic carbocycles. The van der Waals surface area contributed by atoms with Crippen molar-refractivity contribution in [3.8, 4) is 0 Å². The first-order valence-electron chi connectivity index (χ1n) is 9.24. The van der Waals surface area contributed by atoms with Crippen LogP contribution in [0.1, 0.15) is 18.9 Å². The van der Waals surface area contributed by atoms with Crippen molar-refractivity contribution in [1.82, 2.24) is 9.13 Å². The highest BCUT2D eigenvalue weighted by molar-refractivity contribution is 6.75. The van der Waals surface area contributed by atoms with Crippen molar-refractivity contribution in [3.63, 3.8) is 0 Å². The number of halogens is 1. The van der Waals surface area contributed by atoms with Crippen molar-refractivity contribution in [2.24, 2.45) is 0 Å². The molecule has 3 rings (SSSR count). The summed E-state index contributed by atoms with van der Waals surface area (Å²) in [4.78, 5) is 28.4. The van der Waals surface area contributed by atoms with Crippen LogP contribution in [-0.4, -0.2) is 30.4 Å². The summed E-state index contributed by atoms with van der Waals surface area (Å²) in [7, 11) is 0.312. The maximum atomic E-state index is 13.3. The Bertz CT molecular complexity index is 960. The molecule has 0 amide bonds. The topological polar surface area (TPSA) is 59.3 Å². The van der Waals surface area contributed by atoms with E-state index in [2.05, 4.69) is 31.9 Å². The number of fused-ring (bicyclic) bond motifs is 1. The van der Waals surface area contributed by atoms with Gasteiger partial charge in [-0.05, 0) is 24.1 Å². The SMILES string of the molecule is CCC1Nc2c(c(=O)n(Cc3ccc(Cl)cc3)c(=O)n2C[Si](C)(C)C)N1C. The number of nitrogens with one attached hydrogen (secondary N) is 1. The van der Waals surface area contributed by atoms with Gasteiger partial charge in [0.25, 0.3) is 5.56 Å². The average Bonchev–Trinajstić information content (AvgIpc) is 2.93. The molecule has 0 spiro atoms. The molecule has 27 heavy (non-hydrogen) atoms. The van der Waals surface area contributed by atoms with E-state index in [1.165, 1.54) is 4.57 Å². The van der Waals surface area contributed by atoms with Crippen LogP contribution < -0.4 is 21.5 Å². The van der Waals surface area contributed by atoms with Crippen molar-refractivity contribution in [2.45, 2.75) is 51.9 Å². The van der Waals surface area contributed by atoms with Crippen LogP contribution in [-0.2, 0) is 12.7 Å².